The second-order valence-corrected chi connectivity index (χ2v) is 14.0. The minimum absolute atomic E-state index is 0.111. The summed E-state index contributed by atoms with van der Waals surface area (Å²) in [7, 11) is 0. The monoisotopic (exact) mass is 775 g/mol. The number of hydrogen-bond acceptors (Lipinski definition) is 6. The van der Waals surface area contributed by atoms with Gasteiger partial charge in [-0.1, -0.05) is 182 Å². The number of rotatable bonds is 37. The quantitative estimate of drug-likeness (QED) is 0.0206. The maximum atomic E-state index is 12.7. The summed E-state index contributed by atoms with van der Waals surface area (Å²) in [6.07, 6.45) is 57.8. The van der Waals surface area contributed by atoms with Crippen molar-refractivity contribution in [3.63, 3.8) is 0 Å². The average Bonchev–Trinajstić information content (AvgIpc) is 3.19. The van der Waals surface area contributed by atoms with Crippen LogP contribution in [-0.4, -0.2) is 37.2 Å². The number of unbranched alkanes of at least 4 members (excludes halogenated alkanes) is 14. The van der Waals surface area contributed by atoms with Crippen LogP contribution in [0.15, 0.2) is 109 Å². The number of ether oxygens (including phenoxy) is 3. The lowest BCUT2D eigenvalue weighted by molar-refractivity contribution is -0.167. The highest BCUT2D eigenvalue weighted by Gasteiger charge is 2.19. The molecule has 0 N–H and O–H groups in total. The van der Waals surface area contributed by atoms with Crippen molar-refractivity contribution in [3.8, 4) is 0 Å². The zero-order valence-electron chi connectivity index (χ0n) is 35.6. The molecule has 0 saturated carbocycles. The first-order chi connectivity index (χ1) is 27.5. The van der Waals surface area contributed by atoms with E-state index in [0.717, 1.165) is 109 Å². The molecule has 0 aromatic carbocycles. The van der Waals surface area contributed by atoms with Gasteiger partial charge < -0.3 is 14.2 Å². The van der Waals surface area contributed by atoms with Gasteiger partial charge in [0, 0.05) is 19.3 Å². The highest BCUT2D eigenvalue weighted by atomic mass is 16.6. The third-order valence-electron chi connectivity index (χ3n) is 8.68. The summed E-state index contributed by atoms with van der Waals surface area (Å²) < 4.78 is 16.6. The van der Waals surface area contributed by atoms with Crippen molar-refractivity contribution in [1.82, 2.24) is 0 Å². The van der Waals surface area contributed by atoms with Crippen LogP contribution in [0.5, 0.6) is 0 Å². The molecule has 0 bridgehead atoms. The highest BCUT2D eigenvalue weighted by molar-refractivity contribution is 5.71. The van der Waals surface area contributed by atoms with E-state index in [2.05, 4.69) is 69.4 Å². The molecule has 0 aliphatic carbocycles. The van der Waals surface area contributed by atoms with E-state index in [1.165, 1.54) is 12.8 Å². The van der Waals surface area contributed by atoms with Gasteiger partial charge in [-0.05, 0) is 77.0 Å². The standard InChI is InChI=1S/C50H78O6/c1-4-7-10-13-16-19-22-24-25-27-28-31-34-37-40-43-49(52)55-46-47(45-54-48(51)42-39-36-33-30-21-18-15-12-9-6-3)56-50(53)44-41-38-35-32-29-26-23-20-17-14-11-8-5-2/h7-8,10-11,13-20,22-26,29,47H,4-6,9,12,21,27-28,30-46H2,1-3H3/b10-7-,11-8-,16-13-,17-14-,18-15-,22-19-,23-20-,25-24-,29-26-. The summed E-state index contributed by atoms with van der Waals surface area (Å²) in [4.78, 5) is 37.7. The second kappa shape index (κ2) is 43.8. The zero-order chi connectivity index (χ0) is 40.8. The molecule has 0 spiro atoms. The first kappa shape index (κ1) is 52.1. The molecule has 6 nitrogen and oxygen atoms in total. The maximum Gasteiger partial charge on any atom is 0.306 e. The van der Waals surface area contributed by atoms with Crippen molar-refractivity contribution in [3.05, 3.63) is 109 Å². The van der Waals surface area contributed by atoms with Crippen LogP contribution in [0.4, 0.5) is 0 Å². The molecule has 0 aromatic rings. The van der Waals surface area contributed by atoms with Crippen molar-refractivity contribution in [1.29, 1.82) is 0 Å². The molecule has 6 heteroatoms. The lowest BCUT2D eigenvalue weighted by atomic mass is 10.1. The number of esters is 3. The van der Waals surface area contributed by atoms with Crippen molar-refractivity contribution in [2.75, 3.05) is 13.2 Å². The van der Waals surface area contributed by atoms with E-state index in [1.54, 1.807) is 0 Å². The molecule has 0 aliphatic heterocycles. The summed E-state index contributed by atoms with van der Waals surface area (Å²) >= 11 is 0. The molecular weight excluding hydrogens is 697 g/mol. The van der Waals surface area contributed by atoms with Gasteiger partial charge in [0.15, 0.2) is 6.10 Å². The number of allylic oxidation sites excluding steroid dienone is 18. The van der Waals surface area contributed by atoms with Gasteiger partial charge in [-0.2, -0.15) is 0 Å². The molecule has 0 aromatic heterocycles. The van der Waals surface area contributed by atoms with E-state index in [-0.39, 0.29) is 37.5 Å². The topological polar surface area (TPSA) is 78.9 Å². The van der Waals surface area contributed by atoms with Gasteiger partial charge in [-0.15, -0.1) is 0 Å². The van der Waals surface area contributed by atoms with E-state index in [0.29, 0.717) is 19.3 Å². The van der Waals surface area contributed by atoms with Crippen LogP contribution in [0.25, 0.3) is 0 Å². The highest BCUT2D eigenvalue weighted by Crippen LogP contribution is 2.12. The average molecular weight is 775 g/mol. The molecule has 314 valence electrons. The SMILES string of the molecule is CC\C=C/C=C\C=C/C=C\CCCCCCCC(=O)OCC(COC(=O)CCCCCC/C=C\CCCC)OC(=O)CCCCC\C=C/C=C\C=C/C=C\CC. The van der Waals surface area contributed by atoms with Crippen molar-refractivity contribution in [2.24, 2.45) is 0 Å². The van der Waals surface area contributed by atoms with Gasteiger partial charge >= 0.3 is 17.9 Å². The third kappa shape index (κ3) is 41.2. The summed E-state index contributed by atoms with van der Waals surface area (Å²) in [5, 5.41) is 0. The van der Waals surface area contributed by atoms with E-state index in [9.17, 15) is 14.4 Å². The maximum absolute atomic E-state index is 12.7. The Morgan fingerprint density at radius 2 is 0.714 bits per heavy atom. The van der Waals surface area contributed by atoms with Gasteiger partial charge in [0.2, 0.25) is 0 Å². The molecule has 56 heavy (non-hydrogen) atoms. The van der Waals surface area contributed by atoms with Crippen LogP contribution in [0.1, 0.15) is 168 Å². The van der Waals surface area contributed by atoms with E-state index < -0.39 is 6.10 Å². The second-order valence-electron chi connectivity index (χ2n) is 14.0. The summed E-state index contributed by atoms with van der Waals surface area (Å²) in [5.41, 5.74) is 0. The Labute approximate surface area is 342 Å². The Morgan fingerprint density at radius 1 is 0.375 bits per heavy atom. The van der Waals surface area contributed by atoms with Gasteiger partial charge in [0.05, 0.1) is 0 Å². The first-order valence-corrected chi connectivity index (χ1v) is 22.0. The predicted molar refractivity (Wildman–Crippen MR) is 237 cm³/mol. The molecule has 0 rings (SSSR count). The lowest BCUT2D eigenvalue weighted by Crippen LogP contribution is -2.30. The fourth-order valence-electron chi connectivity index (χ4n) is 5.38. The molecule has 0 aliphatic rings. The summed E-state index contributed by atoms with van der Waals surface area (Å²) in [6.45, 7) is 6.21. The fourth-order valence-corrected chi connectivity index (χ4v) is 5.38. The number of hydrogen-bond donors (Lipinski definition) is 0. The van der Waals surface area contributed by atoms with Crippen molar-refractivity contribution < 1.29 is 28.6 Å². The molecule has 1 atom stereocenters. The van der Waals surface area contributed by atoms with Crippen LogP contribution in [0.2, 0.25) is 0 Å². The minimum Gasteiger partial charge on any atom is -0.462 e. The molecule has 0 fully saturated rings. The molecule has 0 saturated heterocycles. The molecule has 1 unspecified atom stereocenters. The van der Waals surface area contributed by atoms with Crippen molar-refractivity contribution >= 4 is 17.9 Å². The van der Waals surface area contributed by atoms with E-state index in [1.807, 2.05) is 60.8 Å². The molecular formula is C50H78O6. The van der Waals surface area contributed by atoms with E-state index in [4.69, 9.17) is 14.2 Å². The number of carbonyl (C=O) groups is 3. The van der Waals surface area contributed by atoms with Gasteiger partial charge in [-0.3, -0.25) is 14.4 Å². The molecule has 0 amide bonds. The van der Waals surface area contributed by atoms with Crippen LogP contribution in [0, 0.1) is 0 Å². The first-order valence-electron chi connectivity index (χ1n) is 22.0. The van der Waals surface area contributed by atoms with E-state index >= 15 is 0 Å². The smallest absolute Gasteiger partial charge is 0.306 e. The van der Waals surface area contributed by atoms with Crippen LogP contribution in [0.3, 0.4) is 0 Å². The van der Waals surface area contributed by atoms with Crippen LogP contribution in [-0.2, 0) is 28.6 Å². The zero-order valence-corrected chi connectivity index (χ0v) is 35.6. The summed E-state index contributed by atoms with van der Waals surface area (Å²) in [6, 6.07) is 0. The number of carbonyl (C=O) groups excluding carboxylic acids is 3. The van der Waals surface area contributed by atoms with Gasteiger partial charge in [-0.25, -0.2) is 0 Å². The molecule has 0 heterocycles. The molecule has 0 radical (unpaired) electrons. The summed E-state index contributed by atoms with van der Waals surface area (Å²) in [5.74, 6) is -1.00. The van der Waals surface area contributed by atoms with Crippen LogP contribution >= 0.6 is 0 Å². The Kier molecular flexibility index (Phi) is 40.7. The Bertz CT molecular complexity index is 1210. The van der Waals surface area contributed by atoms with Crippen molar-refractivity contribution in [2.45, 2.75) is 175 Å². The lowest BCUT2D eigenvalue weighted by Gasteiger charge is -2.18. The van der Waals surface area contributed by atoms with Gasteiger partial charge in [0.25, 0.3) is 0 Å². The normalized spacial score (nSPS) is 13.1. The fraction of sp³-hybridized carbons (Fsp3) is 0.580. The predicted octanol–water partition coefficient (Wildman–Crippen LogP) is 14.0. The Morgan fingerprint density at radius 3 is 1.16 bits per heavy atom. The Hall–Kier alpha value is -3.93. The minimum atomic E-state index is -0.812. The largest absolute Gasteiger partial charge is 0.462 e. The third-order valence-corrected chi connectivity index (χ3v) is 8.68. The van der Waals surface area contributed by atoms with Gasteiger partial charge in [0.1, 0.15) is 13.2 Å². The van der Waals surface area contributed by atoms with Crippen LogP contribution < -0.4 is 0 Å². The Balaban J connectivity index is 4.53.